The molecule has 2 aromatic rings. The quantitative estimate of drug-likeness (QED) is 0.655. The summed E-state index contributed by atoms with van der Waals surface area (Å²) in [6.45, 7) is 1.92. The van der Waals surface area contributed by atoms with Gasteiger partial charge in [-0.2, -0.15) is 0 Å². The fraction of sp³-hybridized carbons (Fsp3) is 0.231. The predicted octanol–water partition coefficient (Wildman–Crippen LogP) is 2.85. The second-order valence-corrected chi connectivity index (χ2v) is 4.71. The first-order valence-electron chi connectivity index (χ1n) is 6.28. The van der Waals surface area contributed by atoms with Gasteiger partial charge in [-0.3, -0.25) is 4.79 Å². The Morgan fingerprint density at radius 2 is 2.14 bits per heavy atom. The number of aromatic nitrogens is 2. The molecule has 1 aromatic carbocycles. The normalized spacial score (nSPS) is 11.9. The van der Waals surface area contributed by atoms with E-state index < -0.39 is 16.6 Å². The van der Waals surface area contributed by atoms with E-state index in [4.69, 9.17) is 11.6 Å². The number of carbonyl (C=O) groups excluding carboxylic acids is 1. The Morgan fingerprint density at radius 3 is 2.67 bits per heavy atom. The van der Waals surface area contributed by atoms with Gasteiger partial charge in [-0.25, -0.2) is 0 Å². The molecule has 7 nitrogen and oxygen atoms in total. The zero-order valence-corrected chi connectivity index (χ0v) is 11.9. The number of carbonyl (C=O) groups is 1. The van der Waals surface area contributed by atoms with Gasteiger partial charge in [0.25, 0.3) is 5.91 Å². The van der Waals surface area contributed by atoms with E-state index in [0.29, 0.717) is 6.42 Å². The number of aromatic amines is 1. The third-order valence-corrected chi connectivity index (χ3v) is 3.36. The molecule has 0 aliphatic carbocycles. The number of nitro groups is 1. The Bertz CT molecular complexity index is 657. The first kappa shape index (κ1) is 15.0. The number of H-pyrrole nitrogens is 1. The fourth-order valence-corrected chi connectivity index (χ4v) is 2.16. The highest BCUT2D eigenvalue weighted by atomic mass is 35.5. The van der Waals surface area contributed by atoms with Crippen molar-refractivity contribution < 1.29 is 9.72 Å². The Kier molecular flexibility index (Phi) is 4.54. The molecule has 0 spiro atoms. The van der Waals surface area contributed by atoms with Gasteiger partial charge in [-0.05, 0) is 16.9 Å². The number of hydrogen-bond acceptors (Lipinski definition) is 4. The van der Waals surface area contributed by atoms with Crippen molar-refractivity contribution in [1.29, 1.82) is 0 Å². The first-order chi connectivity index (χ1) is 10.0. The lowest BCUT2D eigenvalue weighted by atomic mass is 10.0. The van der Waals surface area contributed by atoms with Gasteiger partial charge in [0.15, 0.2) is 10.7 Å². The highest BCUT2D eigenvalue weighted by molar-refractivity contribution is 6.35. The van der Waals surface area contributed by atoms with Crippen molar-refractivity contribution in [2.24, 2.45) is 0 Å². The fourth-order valence-electron chi connectivity index (χ4n) is 1.92. The van der Waals surface area contributed by atoms with E-state index in [2.05, 4.69) is 15.5 Å². The molecule has 1 heterocycles. The molecule has 0 bridgehead atoms. The number of nitrogens with zero attached hydrogens (tertiary/aromatic N) is 2. The van der Waals surface area contributed by atoms with Crippen LogP contribution in [0.15, 0.2) is 30.3 Å². The summed E-state index contributed by atoms with van der Waals surface area (Å²) in [4.78, 5) is 22.1. The lowest BCUT2D eigenvalue weighted by Crippen LogP contribution is -2.28. The highest BCUT2D eigenvalue weighted by Crippen LogP contribution is 2.25. The summed E-state index contributed by atoms with van der Waals surface area (Å²) < 4.78 is 0. The van der Waals surface area contributed by atoms with E-state index in [1.807, 2.05) is 37.3 Å². The molecule has 0 saturated carbocycles. The Labute approximate surface area is 125 Å². The van der Waals surface area contributed by atoms with Crippen LogP contribution in [-0.4, -0.2) is 21.0 Å². The van der Waals surface area contributed by atoms with Gasteiger partial charge >= 0.3 is 5.82 Å². The molecule has 0 aliphatic rings. The minimum Gasteiger partial charge on any atom is -0.358 e. The smallest absolute Gasteiger partial charge is 0.358 e. The second-order valence-electron chi connectivity index (χ2n) is 4.34. The molecule has 2 rings (SSSR count). The van der Waals surface area contributed by atoms with Crippen molar-refractivity contribution in [3.8, 4) is 0 Å². The van der Waals surface area contributed by atoms with Crippen LogP contribution in [0.4, 0.5) is 5.82 Å². The molecule has 110 valence electrons. The minimum atomic E-state index is -0.722. The standard InChI is InChI=1S/C13H13ClN4O3/c1-2-9(8-6-4-3-5-7-8)15-13(19)11-10(14)12(17-16-11)18(20)21/h3-7,9H,2H2,1H3,(H,15,19)(H,16,17). The lowest BCUT2D eigenvalue weighted by molar-refractivity contribution is -0.389. The van der Waals surface area contributed by atoms with Crippen LogP contribution in [0.1, 0.15) is 35.4 Å². The van der Waals surface area contributed by atoms with Crippen molar-refractivity contribution in [2.75, 3.05) is 0 Å². The molecule has 2 N–H and O–H groups in total. The van der Waals surface area contributed by atoms with Crippen LogP contribution in [0.25, 0.3) is 0 Å². The number of benzene rings is 1. The summed E-state index contributed by atoms with van der Waals surface area (Å²) in [5.41, 5.74) is 0.757. The van der Waals surface area contributed by atoms with Crippen molar-refractivity contribution in [2.45, 2.75) is 19.4 Å². The molecular formula is C13H13ClN4O3. The van der Waals surface area contributed by atoms with E-state index in [1.165, 1.54) is 0 Å². The summed E-state index contributed by atoms with van der Waals surface area (Å²) in [5.74, 6) is -1.05. The second kappa shape index (κ2) is 6.36. The molecule has 1 unspecified atom stereocenters. The summed E-state index contributed by atoms with van der Waals surface area (Å²) in [6.07, 6.45) is 0.667. The summed E-state index contributed by atoms with van der Waals surface area (Å²) >= 11 is 5.79. The number of rotatable bonds is 5. The monoisotopic (exact) mass is 308 g/mol. The zero-order chi connectivity index (χ0) is 15.4. The lowest BCUT2D eigenvalue weighted by Gasteiger charge is -2.16. The molecule has 0 aliphatic heterocycles. The number of nitrogens with one attached hydrogen (secondary N) is 2. The van der Waals surface area contributed by atoms with E-state index in [1.54, 1.807) is 0 Å². The van der Waals surface area contributed by atoms with Crippen molar-refractivity contribution in [3.05, 3.63) is 56.7 Å². The Morgan fingerprint density at radius 1 is 1.48 bits per heavy atom. The van der Waals surface area contributed by atoms with Crippen LogP contribution < -0.4 is 5.32 Å². The molecule has 21 heavy (non-hydrogen) atoms. The molecule has 0 fully saturated rings. The van der Waals surface area contributed by atoms with E-state index in [-0.39, 0.29) is 16.8 Å². The van der Waals surface area contributed by atoms with Crippen LogP contribution >= 0.6 is 11.6 Å². The van der Waals surface area contributed by atoms with Gasteiger partial charge in [0, 0.05) is 0 Å². The largest absolute Gasteiger partial charge is 0.362 e. The number of hydrogen-bond donors (Lipinski definition) is 2. The summed E-state index contributed by atoms with van der Waals surface area (Å²) in [6, 6.07) is 9.19. The predicted molar refractivity (Wildman–Crippen MR) is 77.2 cm³/mol. The van der Waals surface area contributed by atoms with Crippen molar-refractivity contribution >= 4 is 23.3 Å². The maximum Gasteiger partial charge on any atom is 0.362 e. The van der Waals surface area contributed by atoms with Crippen molar-refractivity contribution in [1.82, 2.24) is 15.5 Å². The average molecular weight is 309 g/mol. The third-order valence-electron chi connectivity index (χ3n) is 3.00. The van der Waals surface area contributed by atoms with E-state index >= 15 is 0 Å². The topological polar surface area (TPSA) is 101 Å². The van der Waals surface area contributed by atoms with Crippen LogP contribution in [-0.2, 0) is 0 Å². The van der Waals surface area contributed by atoms with Gasteiger partial charge in [0.2, 0.25) is 0 Å². The van der Waals surface area contributed by atoms with E-state index in [0.717, 1.165) is 5.56 Å². The Hall–Kier alpha value is -2.41. The zero-order valence-electron chi connectivity index (χ0n) is 11.2. The summed E-state index contributed by atoms with van der Waals surface area (Å²) in [5, 5.41) is 18.9. The summed E-state index contributed by atoms with van der Waals surface area (Å²) in [7, 11) is 0. The maximum absolute atomic E-state index is 12.1. The number of amides is 1. The third kappa shape index (κ3) is 3.19. The van der Waals surface area contributed by atoms with Crippen LogP contribution in [0, 0.1) is 10.1 Å². The Balaban J connectivity index is 2.19. The first-order valence-corrected chi connectivity index (χ1v) is 6.66. The molecule has 8 heteroatoms. The number of halogens is 1. The average Bonchev–Trinajstić information content (AvgIpc) is 2.87. The molecule has 0 radical (unpaired) electrons. The molecular weight excluding hydrogens is 296 g/mol. The maximum atomic E-state index is 12.1. The van der Waals surface area contributed by atoms with Gasteiger partial charge < -0.3 is 15.4 Å². The van der Waals surface area contributed by atoms with Crippen molar-refractivity contribution in [3.63, 3.8) is 0 Å². The van der Waals surface area contributed by atoms with Crippen LogP contribution in [0.2, 0.25) is 5.02 Å². The molecule has 1 aromatic heterocycles. The molecule has 0 saturated heterocycles. The highest BCUT2D eigenvalue weighted by Gasteiger charge is 2.26. The molecule has 1 amide bonds. The minimum absolute atomic E-state index is 0.183. The SMILES string of the molecule is CCC(NC(=O)c1n[nH]c([N+](=O)[O-])c1Cl)c1ccccc1. The van der Waals surface area contributed by atoms with Gasteiger partial charge in [-0.15, -0.1) is 5.10 Å². The van der Waals surface area contributed by atoms with Crippen LogP contribution in [0.5, 0.6) is 0 Å². The van der Waals surface area contributed by atoms with Crippen LogP contribution in [0.3, 0.4) is 0 Å². The van der Waals surface area contributed by atoms with Gasteiger partial charge in [0.05, 0.1) is 6.04 Å². The van der Waals surface area contributed by atoms with E-state index in [9.17, 15) is 14.9 Å². The molecule has 1 atom stereocenters. The van der Waals surface area contributed by atoms with Gasteiger partial charge in [-0.1, -0.05) is 54.0 Å². The van der Waals surface area contributed by atoms with Gasteiger partial charge in [0.1, 0.15) is 0 Å².